The van der Waals surface area contributed by atoms with Crippen LogP contribution < -0.4 is 0 Å². The molecule has 5 unspecified atom stereocenters. The number of ether oxygens (including phenoxy) is 3. The Bertz CT molecular complexity index is 401. The van der Waals surface area contributed by atoms with Gasteiger partial charge in [-0.3, -0.25) is 4.79 Å². The first-order chi connectivity index (χ1) is 8.40. The molecule has 0 aliphatic carbocycles. The topological polar surface area (TPSA) is 82.1 Å². The largest absolute Gasteiger partial charge is 0.462 e. The minimum atomic E-state index is -1.35. The zero-order valence-corrected chi connectivity index (χ0v) is 10.5. The van der Waals surface area contributed by atoms with Gasteiger partial charge in [-0.25, -0.2) is 4.79 Å². The van der Waals surface area contributed by atoms with Gasteiger partial charge in [0.05, 0.1) is 0 Å². The summed E-state index contributed by atoms with van der Waals surface area (Å²) in [6.45, 7) is 5.15. The first-order valence-corrected chi connectivity index (χ1v) is 5.83. The van der Waals surface area contributed by atoms with Crippen molar-refractivity contribution < 1.29 is 28.9 Å². The van der Waals surface area contributed by atoms with E-state index in [1.54, 1.807) is 20.8 Å². The predicted molar refractivity (Wildman–Crippen MR) is 58.9 cm³/mol. The average molecular weight is 256 g/mol. The third-order valence-corrected chi connectivity index (χ3v) is 3.39. The van der Waals surface area contributed by atoms with E-state index in [-0.39, 0.29) is 12.0 Å². The van der Waals surface area contributed by atoms with Gasteiger partial charge in [0.2, 0.25) is 6.29 Å². The lowest BCUT2D eigenvalue weighted by Crippen LogP contribution is -2.34. The predicted octanol–water partition coefficient (Wildman–Crippen LogP) is 0.348. The molecular weight excluding hydrogens is 240 g/mol. The molecule has 0 radical (unpaired) electrons. The second kappa shape index (κ2) is 4.70. The molecule has 2 aliphatic heterocycles. The van der Waals surface area contributed by atoms with E-state index in [1.807, 2.05) is 0 Å². The molecule has 0 saturated carbocycles. The van der Waals surface area contributed by atoms with Crippen LogP contribution >= 0.6 is 0 Å². The molecule has 6 heteroatoms. The zero-order chi connectivity index (χ0) is 13.4. The third-order valence-electron chi connectivity index (χ3n) is 3.39. The minimum Gasteiger partial charge on any atom is -0.462 e. The van der Waals surface area contributed by atoms with Crippen molar-refractivity contribution in [3.05, 3.63) is 11.6 Å². The van der Waals surface area contributed by atoms with Crippen LogP contribution in [0.15, 0.2) is 11.6 Å². The summed E-state index contributed by atoms with van der Waals surface area (Å²) in [7, 11) is 0. The second-order valence-corrected chi connectivity index (χ2v) is 4.68. The average Bonchev–Trinajstić information content (AvgIpc) is 2.69. The molecular formula is C12H16O6. The maximum atomic E-state index is 11.6. The molecule has 0 aromatic heterocycles. The molecule has 1 N–H and O–H groups in total. The quantitative estimate of drug-likeness (QED) is 0.579. The van der Waals surface area contributed by atoms with E-state index in [0.29, 0.717) is 5.57 Å². The van der Waals surface area contributed by atoms with Gasteiger partial charge in [-0.05, 0) is 19.9 Å². The lowest BCUT2D eigenvalue weighted by Gasteiger charge is -2.21. The Hall–Kier alpha value is -1.40. The van der Waals surface area contributed by atoms with E-state index in [0.717, 1.165) is 0 Å². The zero-order valence-electron chi connectivity index (χ0n) is 10.5. The maximum Gasteiger partial charge on any atom is 0.336 e. The SMILES string of the molecule is CC1=CC(OC(O)C2C(=O)OC(C)C2C)OC1=O. The molecule has 0 aromatic rings. The Morgan fingerprint density at radius 1 is 1.33 bits per heavy atom. The number of hydrogen-bond acceptors (Lipinski definition) is 6. The van der Waals surface area contributed by atoms with Gasteiger partial charge in [-0.1, -0.05) is 6.92 Å². The van der Waals surface area contributed by atoms with Crippen LogP contribution in [0.5, 0.6) is 0 Å². The van der Waals surface area contributed by atoms with Gasteiger partial charge in [0.1, 0.15) is 12.0 Å². The van der Waals surface area contributed by atoms with Crippen LogP contribution in [-0.2, 0) is 23.8 Å². The van der Waals surface area contributed by atoms with E-state index in [2.05, 4.69) is 0 Å². The highest BCUT2D eigenvalue weighted by Gasteiger charge is 2.45. The number of cyclic esters (lactones) is 2. The van der Waals surface area contributed by atoms with Crippen LogP contribution in [0.25, 0.3) is 0 Å². The Labute approximate surface area is 105 Å². The number of carbonyl (C=O) groups excluding carboxylic acids is 2. The smallest absolute Gasteiger partial charge is 0.336 e. The Morgan fingerprint density at radius 3 is 2.44 bits per heavy atom. The van der Waals surface area contributed by atoms with Crippen molar-refractivity contribution in [3.63, 3.8) is 0 Å². The maximum absolute atomic E-state index is 11.6. The number of esters is 2. The summed E-state index contributed by atoms with van der Waals surface area (Å²) in [6.07, 6.45) is -1.09. The summed E-state index contributed by atoms with van der Waals surface area (Å²) < 4.78 is 15.0. The van der Waals surface area contributed by atoms with Crippen LogP contribution in [0.2, 0.25) is 0 Å². The summed E-state index contributed by atoms with van der Waals surface area (Å²) >= 11 is 0. The molecule has 18 heavy (non-hydrogen) atoms. The summed E-state index contributed by atoms with van der Waals surface area (Å²) in [4.78, 5) is 22.7. The summed E-state index contributed by atoms with van der Waals surface area (Å²) in [5.74, 6) is -1.89. The van der Waals surface area contributed by atoms with Gasteiger partial charge < -0.3 is 19.3 Å². The van der Waals surface area contributed by atoms with E-state index < -0.39 is 30.4 Å². The van der Waals surface area contributed by atoms with Crippen molar-refractivity contribution in [2.24, 2.45) is 11.8 Å². The minimum absolute atomic E-state index is 0.158. The Morgan fingerprint density at radius 2 is 2.00 bits per heavy atom. The number of rotatable bonds is 3. The van der Waals surface area contributed by atoms with Gasteiger partial charge >= 0.3 is 11.9 Å². The lowest BCUT2D eigenvalue weighted by atomic mass is 9.92. The van der Waals surface area contributed by atoms with Crippen molar-refractivity contribution in [1.82, 2.24) is 0 Å². The highest BCUT2D eigenvalue weighted by Crippen LogP contribution is 2.31. The molecule has 2 aliphatic rings. The van der Waals surface area contributed by atoms with Crippen LogP contribution in [0.3, 0.4) is 0 Å². The van der Waals surface area contributed by atoms with Crippen molar-refractivity contribution in [1.29, 1.82) is 0 Å². The van der Waals surface area contributed by atoms with Gasteiger partial charge in [-0.2, -0.15) is 0 Å². The van der Waals surface area contributed by atoms with Crippen LogP contribution in [0, 0.1) is 11.8 Å². The fourth-order valence-corrected chi connectivity index (χ4v) is 2.05. The van der Waals surface area contributed by atoms with Gasteiger partial charge in [0.25, 0.3) is 0 Å². The molecule has 2 rings (SSSR count). The third kappa shape index (κ3) is 2.26. The Kier molecular flexibility index (Phi) is 3.41. The van der Waals surface area contributed by atoms with E-state index >= 15 is 0 Å². The van der Waals surface area contributed by atoms with E-state index in [9.17, 15) is 14.7 Å². The number of hydrogen-bond donors (Lipinski definition) is 1. The summed E-state index contributed by atoms with van der Waals surface area (Å²) in [5, 5.41) is 9.90. The van der Waals surface area contributed by atoms with Gasteiger partial charge in [0, 0.05) is 11.5 Å². The lowest BCUT2D eigenvalue weighted by molar-refractivity contribution is -0.220. The number of carbonyl (C=O) groups is 2. The number of aliphatic hydroxyl groups is 1. The summed E-state index contributed by atoms with van der Waals surface area (Å²) in [6, 6.07) is 0. The van der Waals surface area contributed by atoms with Crippen LogP contribution in [0.4, 0.5) is 0 Å². The van der Waals surface area contributed by atoms with Crippen molar-refractivity contribution in [2.45, 2.75) is 39.5 Å². The van der Waals surface area contributed by atoms with Crippen LogP contribution in [0.1, 0.15) is 20.8 Å². The fraction of sp³-hybridized carbons (Fsp3) is 0.667. The highest BCUT2D eigenvalue weighted by molar-refractivity contribution is 5.89. The summed E-state index contributed by atoms with van der Waals surface area (Å²) in [5.41, 5.74) is 0.419. The molecule has 1 saturated heterocycles. The van der Waals surface area contributed by atoms with Gasteiger partial charge in [0.15, 0.2) is 6.29 Å². The standard InChI is InChI=1S/C12H16O6/c1-5-4-8(17-10(5)13)18-12(15)9-6(2)7(3)16-11(9)14/h4,6-9,12,15H,1-3H3. The molecule has 6 nitrogen and oxygen atoms in total. The second-order valence-electron chi connectivity index (χ2n) is 4.68. The van der Waals surface area contributed by atoms with E-state index in [4.69, 9.17) is 14.2 Å². The highest BCUT2D eigenvalue weighted by atomic mass is 16.7. The van der Waals surface area contributed by atoms with Crippen molar-refractivity contribution >= 4 is 11.9 Å². The normalized spacial score (nSPS) is 37.2. The fourth-order valence-electron chi connectivity index (χ4n) is 2.05. The molecule has 0 amide bonds. The van der Waals surface area contributed by atoms with Crippen molar-refractivity contribution in [3.8, 4) is 0 Å². The van der Waals surface area contributed by atoms with Gasteiger partial charge in [-0.15, -0.1) is 0 Å². The molecule has 2 heterocycles. The molecule has 100 valence electrons. The molecule has 0 aromatic carbocycles. The van der Waals surface area contributed by atoms with Crippen molar-refractivity contribution in [2.75, 3.05) is 0 Å². The van der Waals surface area contributed by atoms with E-state index in [1.165, 1.54) is 6.08 Å². The molecule has 0 bridgehead atoms. The first kappa shape index (κ1) is 13.0. The number of aliphatic hydroxyl groups excluding tert-OH is 1. The monoisotopic (exact) mass is 256 g/mol. The molecule has 0 spiro atoms. The van der Waals surface area contributed by atoms with Crippen LogP contribution in [-0.4, -0.2) is 35.7 Å². The first-order valence-electron chi connectivity index (χ1n) is 5.83. The molecule has 5 atom stereocenters. The Balaban J connectivity index is 1.99. The molecule has 1 fully saturated rings.